The van der Waals surface area contributed by atoms with Crippen molar-refractivity contribution >= 4 is 11.9 Å². The normalized spacial score (nSPS) is 18.9. The molecule has 3 aromatic rings. The fourth-order valence-electron chi connectivity index (χ4n) is 4.01. The van der Waals surface area contributed by atoms with Crippen LogP contribution in [-0.2, 0) is 32.1 Å². The number of β-lactam (4-membered cyclic amide) rings is 1. The van der Waals surface area contributed by atoms with Gasteiger partial charge >= 0.3 is 5.97 Å². The lowest BCUT2D eigenvalue weighted by molar-refractivity contribution is -0.188. The minimum atomic E-state index is -0.721. The molecule has 3 aromatic carbocycles. The van der Waals surface area contributed by atoms with Gasteiger partial charge in [-0.05, 0) is 16.7 Å². The summed E-state index contributed by atoms with van der Waals surface area (Å²) in [4.78, 5) is 27.5. The summed E-state index contributed by atoms with van der Waals surface area (Å²) in [5.74, 6) is -0.629. The van der Waals surface area contributed by atoms with E-state index in [-0.39, 0.29) is 11.9 Å². The largest absolute Gasteiger partial charge is 0.467 e. The van der Waals surface area contributed by atoms with Gasteiger partial charge in [0.1, 0.15) is 6.04 Å². The smallest absolute Gasteiger partial charge is 0.328 e. The predicted molar refractivity (Wildman–Crippen MR) is 117 cm³/mol. The first kappa shape index (κ1) is 20.8. The number of ether oxygens (including phenoxy) is 2. The number of benzene rings is 3. The SMILES string of the molecule is COC(=O)C(Cc1ccccc1)N1C(=O)C(OCc2ccccc2)C1c1ccccc1. The minimum absolute atomic E-state index is 0.198. The Kier molecular flexibility index (Phi) is 6.43. The molecule has 5 heteroatoms. The van der Waals surface area contributed by atoms with Gasteiger partial charge < -0.3 is 14.4 Å². The Labute approximate surface area is 182 Å². The highest BCUT2D eigenvalue weighted by molar-refractivity contribution is 5.93. The van der Waals surface area contributed by atoms with E-state index in [0.717, 1.165) is 16.7 Å². The van der Waals surface area contributed by atoms with E-state index in [0.29, 0.717) is 13.0 Å². The van der Waals surface area contributed by atoms with Crippen LogP contribution in [0.2, 0.25) is 0 Å². The summed E-state index contributed by atoms with van der Waals surface area (Å²) in [5, 5.41) is 0. The molecule has 31 heavy (non-hydrogen) atoms. The van der Waals surface area contributed by atoms with E-state index < -0.39 is 18.1 Å². The number of hydrogen-bond donors (Lipinski definition) is 0. The van der Waals surface area contributed by atoms with E-state index in [1.807, 2.05) is 91.0 Å². The van der Waals surface area contributed by atoms with Crippen LogP contribution in [0.15, 0.2) is 91.0 Å². The number of methoxy groups -OCH3 is 1. The second kappa shape index (κ2) is 9.58. The van der Waals surface area contributed by atoms with E-state index in [1.54, 1.807) is 4.90 Å². The number of carbonyl (C=O) groups excluding carboxylic acids is 2. The molecule has 0 bridgehead atoms. The number of amides is 1. The second-order valence-corrected chi connectivity index (χ2v) is 7.55. The molecule has 5 nitrogen and oxygen atoms in total. The molecule has 1 fully saturated rings. The standard InChI is InChI=1S/C26H25NO4/c1-30-26(29)22(17-19-11-5-2-6-12-19)27-23(21-15-9-4-10-16-21)24(25(27)28)31-18-20-13-7-3-8-14-20/h2-16,22-24H,17-18H2,1H3. The minimum Gasteiger partial charge on any atom is -0.467 e. The molecule has 4 rings (SSSR count). The summed E-state index contributed by atoms with van der Waals surface area (Å²) >= 11 is 0. The fourth-order valence-corrected chi connectivity index (χ4v) is 4.01. The Bertz CT molecular complexity index is 1010. The number of nitrogens with zero attached hydrogens (tertiary/aromatic N) is 1. The van der Waals surface area contributed by atoms with Gasteiger partial charge in [0, 0.05) is 6.42 Å². The summed E-state index contributed by atoms with van der Waals surface area (Å²) in [6.07, 6.45) is -0.265. The van der Waals surface area contributed by atoms with Crippen molar-refractivity contribution in [2.45, 2.75) is 31.2 Å². The molecule has 1 aliphatic heterocycles. The van der Waals surface area contributed by atoms with Crippen molar-refractivity contribution in [2.75, 3.05) is 7.11 Å². The van der Waals surface area contributed by atoms with E-state index >= 15 is 0 Å². The van der Waals surface area contributed by atoms with Crippen molar-refractivity contribution in [1.29, 1.82) is 0 Å². The Morgan fingerprint density at radius 3 is 2.00 bits per heavy atom. The van der Waals surface area contributed by atoms with Crippen LogP contribution in [0.1, 0.15) is 22.7 Å². The van der Waals surface area contributed by atoms with Crippen LogP contribution >= 0.6 is 0 Å². The van der Waals surface area contributed by atoms with Gasteiger partial charge in [0.2, 0.25) is 0 Å². The summed E-state index contributed by atoms with van der Waals surface area (Å²) in [5.41, 5.74) is 2.89. The van der Waals surface area contributed by atoms with E-state index in [4.69, 9.17) is 9.47 Å². The van der Waals surface area contributed by atoms with Crippen molar-refractivity contribution in [3.8, 4) is 0 Å². The number of hydrogen-bond acceptors (Lipinski definition) is 4. The highest BCUT2D eigenvalue weighted by Crippen LogP contribution is 2.40. The molecule has 1 aliphatic rings. The zero-order chi connectivity index (χ0) is 21.6. The van der Waals surface area contributed by atoms with Gasteiger partial charge in [-0.2, -0.15) is 0 Å². The molecular weight excluding hydrogens is 390 g/mol. The zero-order valence-corrected chi connectivity index (χ0v) is 17.4. The van der Waals surface area contributed by atoms with Gasteiger partial charge in [-0.3, -0.25) is 4.79 Å². The fraction of sp³-hybridized carbons (Fsp3) is 0.231. The lowest BCUT2D eigenvalue weighted by Crippen LogP contribution is -2.65. The van der Waals surface area contributed by atoms with E-state index in [1.165, 1.54) is 7.11 Å². The van der Waals surface area contributed by atoms with Crippen LogP contribution in [0.25, 0.3) is 0 Å². The number of carbonyl (C=O) groups is 2. The first-order valence-corrected chi connectivity index (χ1v) is 10.3. The Morgan fingerprint density at radius 2 is 1.42 bits per heavy atom. The summed E-state index contributed by atoms with van der Waals surface area (Å²) in [7, 11) is 1.35. The van der Waals surface area contributed by atoms with Gasteiger partial charge in [0.05, 0.1) is 19.8 Å². The maximum absolute atomic E-state index is 13.2. The molecule has 0 aromatic heterocycles. The van der Waals surface area contributed by atoms with E-state index in [9.17, 15) is 9.59 Å². The Hall–Kier alpha value is -3.44. The highest BCUT2D eigenvalue weighted by atomic mass is 16.5. The Morgan fingerprint density at radius 1 is 0.871 bits per heavy atom. The molecule has 0 N–H and O–H groups in total. The molecule has 158 valence electrons. The molecule has 1 saturated heterocycles. The van der Waals surface area contributed by atoms with Crippen molar-refractivity contribution < 1.29 is 19.1 Å². The lowest BCUT2D eigenvalue weighted by atomic mass is 9.87. The molecule has 0 saturated carbocycles. The van der Waals surface area contributed by atoms with Crippen LogP contribution in [0.3, 0.4) is 0 Å². The third kappa shape index (κ3) is 4.52. The topological polar surface area (TPSA) is 55.8 Å². The van der Waals surface area contributed by atoms with Gasteiger partial charge in [-0.15, -0.1) is 0 Å². The molecule has 3 unspecified atom stereocenters. The maximum atomic E-state index is 13.2. The number of rotatable bonds is 8. The molecule has 1 heterocycles. The third-order valence-corrected chi connectivity index (χ3v) is 5.58. The third-order valence-electron chi connectivity index (χ3n) is 5.58. The van der Waals surface area contributed by atoms with Crippen LogP contribution in [-0.4, -0.2) is 36.0 Å². The van der Waals surface area contributed by atoms with E-state index in [2.05, 4.69) is 0 Å². The summed E-state index contributed by atoms with van der Waals surface area (Å²) in [6.45, 7) is 0.329. The maximum Gasteiger partial charge on any atom is 0.328 e. The lowest BCUT2D eigenvalue weighted by Gasteiger charge is -2.49. The van der Waals surface area contributed by atoms with Gasteiger partial charge in [0.25, 0.3) is 5.91 Å². The zero-order valence-electron chi connectivity index (χ0n) is 17.4. The predicted octanol–water partition coefficient (Wildman–Crippen LogP) is 3.94. The quantitative estimate of drug-likeness (QED) is 0.413. The average Bonchev–Trinajstić information content (AvgIpc) is 2.83. The number of likely N-dealkylation sites (tertiary alicyclic amines) is 1. The van der Waals surface area contributed by atoms with Gasteiger partial charge in [-0.1, -0.05) is 91.0 Å². The average molecular weight is 415 g/mol. The first-order valence-electron chi connectivity index (χ1n) is 10.3. The summed E-state index contributed by atoms with van der Waals surface area (Å²) in [6, 6.07) is 28.0. The van der Waals surface area contributed by atoms with Gasteiger partial charge in [-0.25, -0.2) is 4.79 Å². The molecule has 0 aliphatic carbocycles. The molecule has 3 atom stereocenters. The van der Waals surface area contributed by atoms with Crippen molar-refractivity contribution in [2.24, 2.45) is 0 Å². The summed E-state index contributed by atoms with van der Waals surface area (Å²) < 4.78 is 11.1. The molecule has 0 radical (unpaired) electrons. The van der Waals surface area contributed by atoms with Crippen LogP contribution in [0.4, 0.5) is 0 Å². The monoisotopic (exact) mass is 415 g/mol. The van der Waals surface area contributed by atoms with Crippen molar-refractivity contribution in [3.05, 3.63) is 108 Å². The van der Waals surface area contributed by atoms with Crippen molar-refractivity contribution in [1.82, 2.24) is 4.90 Å². The Balaban J connectivity index is 1.61. The highest BCUT2D eigenvalue weighted by Gasteiger charge is 2.53. The molecular formula is C26H25NO4. The van der Waals surface area contributed by atoms with Crippen LogP contribution < -0.4 is 0 Å². The second-order valence-electron chi connectivity index (χ2n) is 7.55. The first-order chi connectivity index (χ1) is 15.2. The van der Waals surface area contributed by atoms with Crippen LogP contribution in [0.5, 0.6) is 0 Å². The van der Waals surface area contributed by atoms with Crippen molar-refractivity contribution in [3.63, 3.8) is 0 Å². The van der Waals surface area contributed by atoms with Gasteiger partial charge in [0.15, 0.2) is 6.10 Å². The van der Waals surface area contributed by atoms with Crippen LogP contribution in [0, 0.1) is 0 Å². The molecule has 1 amide bonds. The number of esters is 1. The molecule has 0 spiro atoms.